The largest absolute Gasteiger partial charge is 0.345 e. The molecule has 3 nitrogen and oxygen atoms in total. The molecule has 0 fully saturated rings. The third-order valence-corrected chi connectivity index (χ3v) is 2.75. The highest BCUT2D eigenvalue weighted by Crippen LogP contribution is 2.20. The molecule has 0 saturated heterocycles. The van der Waals surface area contributed by atoms with Crippen LogP contribution in [0.2, 0.25) is 0 Å². The van der Waals surface area contributed by atoms with Gasteiger partial charge in [-0.25, -0.2) is 0 Å². The third-order valence-electron chi connectivity index (χ3n) is 2.31. The van der Waals surface area contributed by atoms with Crippen LogP contribution in [-0.4, -0.2) is 29.9 Å². The van der Waals surface area contributed by atoms with Crippen molar-refractivity contribution in [1.29, 1.82) is 0 Å². The van der Waals surface area contributed by atoms with Crippen molar-refractivity contribution in [3.05, 3.63) is 40.5 Å². The van der Waals surface area contributed by atoms with Crippen LogP contribution in [0.15, 0.2) is 34.9 Å². The molecule has 0 N–H and O–H groups in total. The van der Waals surface area contributed by atoms with E-state index >= 15 is 0 Å². The molecular formula is C12H11BrN2O. The van der Waals surface area contributed by atoms with Crippen molar-refractivity contribution in [2.24, 2.45) is 0 Å². The number of pyridine rings is 1. The van der Waals surface area contributed by atoms with Gasteiger partial charge in [0.1, 0.15) is 0 Å². The van der Waals surface area contributed by atoms with Crippen LogP contribution < -0.4 is 0 Å². The van der Waals surface area contributed by atoms with Gasteiger partial charge < -0.3 is 4.90 Å². The maximum atomic E-state index is 11.9. The topological polar surface area (TPSA) is 33.2 Å². The SMILES string of the molecule is CN(C)C(=O)c1cccc2cc(Br)cnc12. The molecule has 0 aliphatic heterocycles. The van der Waals surface area contributed by atoms with Crippen molar-refractivity contribution in [3.63, 3.8) is 0 Å². The molecule has 2 rings (SSSR count). The van der Waals surface area contributed by atoms with E-state index in [2.05, 4.69) is 20.9 Å². The lowest BCUT2D eigenvalue weighted by atomic mass is 10.1. The fraction of sp³-hybridized carbons (Fsp3) is 0.167. The number of hydrogen-bond donors (Lipinski definition) is 0. The Morgan fingerprint density at radius 1 is 1.38 bits per heavy atom. The first kappa shape index (κ1) is 11.1. The van der Waals surface area contributed by atoms with Gasteiger partial charge in [-0.3, -0.25) is 9.78 Å². The maximum Gasteiger partial charge on any atom is 0.255 e. The number of fused-ring (bicyclic) bond motifs is 1. The highest BCUT2D eigenvalue weighted by Gasteiger charge is 2.12. The molecule has 0 atom stereocenters. The summed E-state index contributed by atoms with van der Waals surface area (Å²) in [6.45, 7) is 0. The van der Waals surface area contributed by atoms with E-state index in [0.717, 1.165) is 15.4 Å². The standard InChI is InChI=1S/C12H11BrN2O/c1-15(2)12(16)10-5-3-4-8-6-9(13)7-14-11(8)10/h3-7H,1-2H3. The summed E-state index contributed by atoms with van der Waals surface area (Å²) in [5.74, 6) is -0.0274. The van der Waals surface area contributed by atoms with E-state index in [9.17, 15) is 4.79 Å². The normalized spacial score (nSPS) is 10.4. The molecule has 0 aliphatic rings. The van der Waals surface area contributed by atoms with Crippen LogP contribution in [-0.2, 0) is 0 Å². The Morgan fingerprint density at radius 3 is 2.81 bits per heavy atom. The summed E-state index contributed by atoms with van der Waals surface area (Å²) in [4.78, 5) is 17.8. The molecule has 4 heteroatoms. The van der Waals surface area contributed by atoms with Crippen LogP contribution >= 0.6 is 15.9 Å². The molecule has 16 heavy (non-hydrogen) atoms. The number of carbonyl (C=O) groups excluding carboxylic acids is 1. The first-order valence-electron chi connectivity index (χ1n) is 4.85. The first-order chi connectivity index (χ1) is 7.59. The minimum atomic E-state index is -0.0274. The lowest BCUT2D eigenvalue weighted by Gasteiger charge is -2.11. The van der Waals surface area contributed by atoms with Crippen molar-refractivity contribution in [2.45, 2.75) is 0 Å². The highest BCUT2D eigenvalue weighted by molar-refractivity contribution is 9.10. The van der Waals surface area contributed by atoms with Gasteiger partial charge in [-0.2, -0.15) is 0 Å². The number of benzene rings is 1. The molecular weight excluding hydrogens is 268 g/mol. The van der Waals surface area contributed by atoms with Gasteiger partial charge >= 0.3 is 0 Å². The van der Waals surface area contributed by atoms with Crippen LogP contribution in [0.4, 0.5) is 0 Å². The van der Waals surface area contributed by atoms with Gasteiger partial charge in [-0.05, 0) is 28.1 Å². The highest BCUT2D eigenvalue weighted by atomic mass is 79.9. The van der Waals surface area contributed by atoms with Crippen molar-refractivity contribution < 1.29 is 4.79 Å². The molecule has 0 aliphatic carbocycles. The van der Waals surface area contributed by atoms with E-state index < -0.39 is 0 Å². The number of halogens is 1. The first-order valence-corrected chi connectivity index (χ1v) is 5.65. The molecule has 0 spiro atoms. The smallest absolute Gasteiger partial charge is 0.255 e. The van der Waals surface area contributed by atoms with E-state index in [1.165, 1.54) is 0 Å². The number of carbonyl (C=O) groups is 1. The van der Waals surface area contributed by atoms with Crippen LogP contribution in [0, 0.1) is 0 Å². The molecule has 0 unspecified atom stereocenters. The molecule has 0 saturated carbocycles. The van der Waals surface area contributed by atoms with Gasteiger partial charge in [0.2, 0.25) is 0 Å². The van der Waals surface area contributed by atoms with Gasteiger partial charge in [0.25, 0.3) is 5.91 Å². The monoisotopic (exact) mass is 278 g/mol. The average molecular weight is 279 g/mol. The van der Waals surface area contributed by atoms with Gasteiger partial charge in [0.15, 0.2) is 0 Å². The average Bonchev–Trinajstić information content (AvgIpc) is 2.26. The second kappa shape index (κ2) is 4.22. The Labute approximate surface area is 102 Å². The lowest BCUT2D eigenvalue weighted by Crippen LogP contribution is -2.22. The Bertz CT molecular complexity index is 552. The molecule has 82 valence electrons. The van der Waals surface area contributed by atoms with E-state index in [4.69, 9.17) is 0 Å². The van der Waals surface area contributed by atoms with E-state index in [1.54, 1.807) is 31.3 Å². The molecule has 1 aromatic heterocycles. The molecule has 1 aromatic carbocycles. The van der Waals surface area contributed by atoms with Crippen molar-refractivity contribution in [2.75, 3.05) is 14.1 Å². The number of amides is 1. The van der Waals surface area contributed by atoms with Crippen molar-refractivity contribution in [1.82, 2.24) is 9.88 Å². The number of para-hydroxylation sites is 1. The second-order valence-electron chi connectivity index (χ2n) is 3.73. The Balaban J connectivity index is 2.67. The summed E-state index contributed by atoms with van der Waals surface area (Å²) >= 11 is 3.37. The zero-order valence-electron chi connectivity index (χ0n) is 9.07. The summed E-state index contributed by atoms with van der Waals surface area (Å²) in [5.41, 5.74) is 1.37. The van der Waals surface area contributed by atoms with Crippen LogP contribution in [0.5, 0.6) is 0 Å². The summed E-state index contributed by atoms with van der Waals surface area (Å²) in [7, 11) is 3.47. The quantitative estimate of drug-likeness (QED) is 0.804. The molecule has 1 heterocycles. The molecule has 1 amide bonds. The van der Waals surface area contributed by atoms with Crippen molar-refractivity contribution >= 4 is 32.7 Å². The van der Waals surface area contributed by atoms with Gasteiger partial charge in [-0.1, -0.05) is 12.1 Å². The summed E-state index contributed by atoms with van der Waals surface area (Å²) < 4.78 is 0.912. The predicted octanol–water partition coefficient (Wildman–Crippen LogP) is 2.70. The van der Waals surface area contributed by atoms with E-state index in [-0.39, 0.29) is 5.91 Å². The summed E-state index contributed by atoms with van der Waals surface area (Å²) in [6, 6.07) is 7.56. The summed E-state index contributed by atoms with van der Waals surface area (Å²) in [5, 5.41) is 0.960. The van der Waals surface area contributed by atoms with Gasteiger partial charge in [-0.15, -0.1) is 0 Å². The number of hydrogen-bond acceptors (Lipinski definition) is 2. The maximum absolute atomic E-state index is 11.9. The zero-order valence-corrected chi connectivity index (χ0v) is 10.7. The van der Waals surface area contributed by atoms with Gasteiger partial charge in [0.05, 0.1) is 11.1 Å². The fourth-order valence-electron chi connectivity index (χ4n) is 1.55. The lowest BCUT2D eigenvalue weighted by molar-refractivity contribution is 0.0829. The zero-order chi connectivity index (χ0) is 11.7. The van der Waals surface area contributed by atoms with Crippen LogP contribution in [0.1, 0.15) is 10.4 Å². The molecule has 0 bridgehead atoms. The van der Waals surface area contributed by atoms with Crippen molar-refractivity contribution in [3.8, 4) is 0 Å². The molecule has 2 aromatic rings. The number of rotatable bonds is 1. The third kappa shape index (κ3) is 1.93. The summed E-state index contributed by atoms with van der Waals surface area (Å²) in [6.07, 6.45) is 1.70. The van der Waals surface area contributed by atoms with Crippen LogP contribution in [0.3, 0.4) is 0 Å². The predicted molar refractivity (Wildman–Crippen MR) is 67.5 cm³/mol. The number of aromatic nitrogens is 1. The Morgan fingerprint density at radius 2 is 2.12 bits per heavy atom. The van der Waals surface area contributed by atoms with Crippen LogP contribution in [0.25, 0.3) is 10.9 Å². The Kier molecular flexibility index (Phi) is 2.92. The second-order valence-corrected chi connectivity index (χ2v) is 4.65. The fourth-order valence-corrected chi connectivity index (χ4v) is 1.90. The minimum Gasteiger partial charge on any atom is -0.345 e. The van der Waals surface area contributed by atoms with E-state index in [0.29, 0.717) is 5.56 Å². The van der Waals surface area contributed by atoms with Gasteiger partial charge in [0, 0.05) is 30.2 Å². The minimum absolute atomic E-state index is 0.0274. The number of nitrogens with zero attached hydrogens (tertiary/aromatic N) is 2. The Hall–Kier alpha value is -1.42. The molecule has 0 radical (unpaired) electrons. The van der Waals surface area contributed by atoms with E-state index in [1.807, 2.05) is 18.2 Å².